The van der Waals surface area contributed by atoms with E-state index in [9.17, 15) is 14.0 Å². The van der Waals surface area contributed by atoms with E-state index in [-0.39, 0.29) is 11.1 Å². The maximum absolute atomic E-state index is 12.7. The van der Waals surface area contributed by atoms with Crippen LogP contribution in [0.1, 0.15) is 22.0 Å². The number of aldehydes is 1. The van der Waals surface area contributed by atoms with E-state index in [2.05, 4.69) is 0 Å². The van der Waals surface area contributed by atoms with E-state index < -0.39 is 17.8 Å². The summed E-state index contributed by atoms with van der Waals surface area (Å²) in [6.07, 6.45) is 0.442. The van der Waals surface area contributed by atoms with Crippen molar-refractivity contribution >= 4 is 12.3 Å². The minimum absolute atomic E-state index is 0.0208. The first-order valence-corrected chi connectivity index (χ1v) is 3.79. The van der Waals surface area contributed by atoms with Crippen molar-refractivity contribution in [3.63, 3.8) is 0 Å². The van der Waals surface area contributed by atoms with Crippen LogP contribution in [0.4, 0.5) is 4.39 Å². The number of halogens is 1. The molecule has 74 valence electrons. The summed E-state index contributed by atoms with van der Waals surface area (Å²) in [6.45, 7) is 0. The molecule has 4 nitrogen and oxygen atoms in total. The molecule has 0 aliphatic carbocycles. The number of hydrogen-bond acceptors (Lipinski definition) is 3. The van der Waals surface area contributed by atoms with Gasteiger partial charge < -0.3 is 10.8 Å². The van der Waals surface area contributed by atoms with Gasteiger partial charge in [0.25, 0.3) is 0 Å². The van der Waals surface area contributed by atoms with Gasteiger partial charge >= 0.3 is 5.97 Å². The molecule has 0 amide bonds. The van der Waals surface area contributed by atoms with E-state index in [1.165, 1.54) is 6.07 Å². The molecule has 0 saturated heterocycles. The third kappa shape index (κ3) is 1.94. The fourth-order valence-electron chi connectivity index (χ4n) is 1.06. The maximum atomic E-state index is 12.7. The fourth-order valence-corrected chi connectivity index (χ4v) is 1.06. The standard InChI is InChI=1S/C9H8FNO3/c10-6-2-1-5(4-12)7(3-6)8(11)9(13)14/h1-4,8H,11H2,(H,13,14). The maximum Gasteiger partial charge on any atom is 0.325 e. The van der Waals surface area contributed by atoms with Crippen LogP contribution in [0.3, 0.4) is 0 Å². The van der Waals surface area contributed by atoms with Crippen molar-refractivity contribution in [1.82, 2.24) is 0 Å². The Labute approximate surface area is 79.1 Å². The van der Waals surface area contributed by atoms with E-state index >= 15 is 0 Å². The van der Waals surface area contributed by atoms with Crippen molar-refractivity contribution in [2.45, 2.75) is 6.04 Å². The summed E-state index contributed by atoms with van der Waals surface area (Å²) in [7, 11) is 0. The van der Waals surface area contributed by atoms with Gasteiger partial charge in [0.1, 0.15) is 18.1 Å². The molecule has 1 aromatic carbocycles. The molecular formula is C9H8FNO3. The molecule has 0 spiro atoms. The number of aliphatic carboxylic acids is 1. The smallest absolute Gasteiger partial charge is 0.325 e. The van der Waals surface area contributed by atoms with Crippen molar-refractivity contribution in [3.8, 4) is 0 Å². The topological polar surface area (TPSA) is 80.4 Å². The molecule has 0 bridgehead atoms. The number of carbonyl (C=O) groups is 2. The van der Waals surface area contributed by atoms with Gasteiger partial charge in [0.2, 0.25) is 0 Å². The minimum atomic E-state index is -1.38. The third-order valence-electron chi connectivity index (χ3n) is 1.78. The van der Waals surface area contributed by atoms with Crippen molar-refractivity contribution < 1.29 is 19.1 Å². The lowest BCUT2D eigenvalue weighted by molar-refractivity contribution is -0.138. The molecule has 0 fully saturated rings. The summed E-state index contributed by atoms with van der Waals surface area (Å²) < 4.78 is 12.7. The highest BCUT2D eigenvalue weighted by atomic mass is 19.1. The lowest BCUT2D eigenvalue weighted by Crippen LogP contribution is -2.22. The second kappa shape index (κ2) is 3.97. The number of hydrogen-bond donors (Lipinski definition) is 2. The van der Waals surface area contributed by atoms with E-state index in [1.807, 2.05) is 0 Å². The van der Waals surface area contributed by atoms with Crippen LogP contribution >= 0.6 is 0 Å². The Morgan fingerprint density at radius 2 is 2.21 bits per heavy atom. The van der Waals surface area contributed by atoms with Gasteiger partial charge in [-0.2, -0.15) is 0 Å². The quantitative estimate of drug-likeness (QED) is 0.699. The summed E-state index contributed by atoms with van der Waals surface area (Å²) in [5.41, 5.74) is 5.32. The highest BCUT2D eigenvalue weighted by Crippen LogP contribution is 2.16. The molecule has 14 heavy (non-hydrogen) atoms. The van der Waals surface area contributed by atoms with Gasteiger partial charge in [-0.25, -0.2) is 4.39 Å². The van der Waals surface area contributed by atoms with Crippen LogP contribution in [-0.2, 0) is 4.79 Å². The zero-order chi connectivity index (χ0) is 10.7. The monoisotopic (exact) mass is 197 g/mol. The number of carboxylic acids is 1. The number of carboxylic acid groups (broad SMARTS) is 1. The highest BCUT2D eigenvalue weighted by molar-refractivity contribution is 5.83. The van der Waals surface area contributed by atoms with Crippen LogP contribution in [0.15, 0.2) is 18.2 Å². The Hall–Kier alpha value is -1.75. The van der Waals surface area contributed by atoms with Crippen molar-refractivity contribution in [3.05, 3.63) is 35.1 Å². The Morgan fingerprint density at radius 3 is 2.71 bits per heavy atom. The zero-order valence-electron chi connectivity index (χ0n) is 7.11. The Bertz CT molecular complexity index is 378. The van der Waals surface area contributed by atoms with E-state index in [0.29, 0.717) is 6.29 Å². The first-order chi connectivity index (χ1) is 6.56. The van der Waals surface area contributed by atoms with Crippen LogP contribution in [0.5, 0.6) is 0 Å². The molecule has 0 heterocycles. The second-order valence-corrected chi connectivity index (χ2v) is 2.71. The molecule has 0 aliphatic rings. The van der Waals surface area contributed by atoms with Crippen LogP contribution in [0, 0.1) is 5.82 Å². The van der Waals surface area contributed by atoms with Crippen molar-refractivity contribution in [2.75, 3.05) is 0 Å². The first kappa shape index (κ1) is 10.3. The molecule has 0 saturated carbocycles. The molecule has 1 atom stereocenters. The summed E-state index contributed by atoms with van der Waals surface area (Å²) in [5, 5.41) is 8.58. The van der Waals surface area contributed by atoms with Gasteiger partial charge in [0, 0.05) is 5.56 Å². The molecule has 1 aromatic rings. The summed E-state index contributed by atoms with van der Waals surface area (Å²) in [5.74, 6) is -1.93. The minimum Gasteiger partial charge on any atom is -0.480 e. The predicted molar refractivity (Wildman–Crippen MR) is 46.4 cm³/mol. The highest BCUT2D eigenvalue weighted by Gasteiger charge is 2.18. The lowest BCUT2D eigenvalue weighted by atomic mass is 10.0. The van der Waals surface area contributed by atoms with Crippen molar-refractivity contribution in [2.24, 2.45) is 5.73 Å². The van der Waals surface area contributed by atoms with Crippen LogP contribution < -0.4 is 5.73 Å². The normalized spacial score (nSPS) is 12.1. The van der Waals surface area contributed by atoms with Gasteiger partial charge in [0.05, 0.1) is 0 Å². The zero-order valence-corrected chi connectivity index (χ0v) is 7.11. The third-order valence-corrected chi connectivity index (χ3v) is 1.78. The summed E-state index contributed by atoms with van der Waals surface area (Å²) in [4.78, 5) is 21.0. The fraction of sp³-hybridized carbons (Fsp3) is 0.111. The number of rotatable bonds is 3. The average molecular weight is 197 g/mol. The van der Waals surface area contributed by atoms with Gasteiger partial charge in [-0.1, -0.05) is 0 Å². The first-order valence-electron chi connectivity index (χ1n) is 3.79. The largest absolute Gasteiger partial charge is 0.480 e. The molecule has 3 N–H and O–H groups in total. The van der Waals surface area contributed by atoms with Crippen molar-refractivity contribution in [1.29, 1.82) is 0 Å². The lowest BCUT2D eigenvalue weighted by Gasteiger charge is -2.08. The Balaban J connectivity index is 3.23. The molecular weight excluding hydrogens is 189 g/mol. The molecule has 0 aromatic heterocycles. The predicted octanol–water partition coefficient (Wildman–Crippen LogP) is 0.723. The number of nitrogens with two attached hydrogens (primary N) is 1. The average Bonchev–Trinajstić information content (AvgIpc) is 2.16. The summed E-state index contributed by atoms with van der Waals surface area (Å²) in [6, 6.07) is 1.83. The molecule has 1 rings (SSSR count). The molecule has 5 heteroatoms. The Kier molecular flexibility index (Phi) is 2.93. The van der Waals surface area contributed by atoms with Gasteiger partial charge in [-0.3, -0.25) is 9.59 Å². The van der Waals surface area contributed by atoms with E-state index in [4.69, 9.17) is 10.8 Å². The van der Waals surface area contributed by atoms with Crippen LogP contribution in [0.25, 0.3) is 0 Å². The second-order valence-electron chi connectivity index (χ2n) is 2.71. The Morgan fingerprint density at radius 1 is 1.57 bits per heavy atom. The number of carbonyl (C=O) groups excluding carboxylic acids is 1. The number of benzene rings is 1. The molecule has 0 aliphatic heterocycles. The van der Waals surface area contributed by atoms with Gasteiger partial charge in [-0.15, -0.1) is 0 Å². The summed E-state index contributed by atoms with van der Waals surface area (Å²) >= 11 is 0. The van der Waals surface area contributed by atoms with E-state index in [1.54, 1.807) is 0 Å². The SMILES string of the molecule is NC(C(=O)O)c1cc(F)ccc1C=O. The van der Waals surface area contributed by atoms with Crippen LogP contribution in [0.2, 0.25) is 0 Å². The molecule has 1 unspecified atom stereocenters. The molecule has 0 radical (unpaired) electrons. The van der Waals surface area contributed by atoms with Gasteiger partial charge in [0.15, 0.2) is 0 Å². The van der Waals surface area contributed by atoms with Crippen LogP contribution in [-0.4, -0.2) is 17.4 Å². The van der Waals surface area contributed by atoms with E-state index in [0.717, 1.165) is 12.1 Å². The van der Waals surface area contributed by atoms with Gasteiger partial charge in [-0.05, 0) is 23.8 Å².